The molecule has 1 unspecified atom stereocenters. The normalized spacial score (nSPS) is 16.8. The van der Waals surface area contributed by atoms with Gasteiger partial charge in [-0.25, -0.2) is 4.99 Å². The van der Waals surface area contributed by atoms with Gasteiger partial charge in [-0.2, -0.15) is 5.26 Å². The Morgan fingerprint density at radius 3 is 2.80 bits per heavy atom. The maximum absolute atomic E-state index is 9.17. The highest BCUT2D eigenvalue weighted by atomic mass is 16.6. The Morgan fingerprint density at radius 2 is 2.25 bits per heavy atom. The molecule has 2 rings (SSSR count). The van der Waals surface area contributed by atoms with E-state index in [0.717, 1.165) is 6.61 Å². The van der Waals surface area contributed by atoms with Crippen LogP contribution in [0.4, 0.5) is 5.69 Å². The second-order valence-electron chi connectivity index (χ2n) is 4.61. The third-order valence-corrected chi connectivity index (χ3v) is 2.66. The number of hydrogen-bond acceptors (Lipinski definition) is 5. The quantitative estimate of drug-likeness (QED) is 0.447. The highest BCUT2D eigenvalue weighted by Crippen LogP contribution is 2.35. The maximum Gasteiger partial charge on any atom is 0.163 e. The predicted molar refractivity (Wildman–Crippen MR) is 74.8 cm³/mol. The van der Waals surface area contributed by atoms with Crippen LogP contribution in [0.2, 0.25) is 0 Å². The third-order valence-electron chi connectivity index (χ3n) is 2.66. The van der Waals surface area contributed by atoms with Gasteiger partial charge in [-0.15, -0.1) is 0 Å². The smallest absolute Gasteiger partial charge is 0.163 e. The molecule has 0 radical (unpaired) electrons. The average Bonchev–Trinajstić information content (AvgIpc) is 3.26. The Bertz CT molecular complexity index is 545. The van der Waals surface area contributed by atoms with Crippen LogP contribution in [0.15, 0.2) is 17.1 Å². The Hall–Kier alpha value is -2.26. The van der Waals surface area contributed by atoms with Gasteiger partial charge in [-0.3, -0.25) is 0 Å². The minimum atomic E-state index is 0.157. The molecule has 0 spiro atoms. The van der Waals surface area contributed by atoms with E-state index in [4.69, 9.17) is 19.5 Å². The standard InChI is InChI=1S/C14H17N3O3/c1-17(2)9-16-12-5-14(20-8-11-7-19-11)13(18-3)4-10(12)6-15/h4-5,9,11H,7-8H2,1-3H3. The lowest BCUT2D eigenvalue weighted by Gasteiger charge is -2.12. The van der Waals surface area contributed by atoms with Crippen LogP contribution < -0.4 is 9.47 Å². The van der Waals surface area contributed by atoms with Gasteiger partial charge in [0.15, 0.2) is 11.5 Å². The second-order valence-corrected chi connectivity index (χ2v) is 4.61. The summed E-state index contributed by atoms with van der Waals surface area (Å²) >= 11 is 0. The molecule has 1 aromatic rings. The lowest BCUT2D eigenvalue weighted by atomic mass is 10.1. The van der Waals surface area contributed by atoms with Crippen LogP contribution in [0, 0.1) is 11.3 Å². The number of aliphatic imine (C=N–C) groups is 1. The minimum Gasteiger partial charge on any atom is -0.493 e. The van der Waals surface area contributed by atoms with Crippen LogP contribution in [-0.2, 0) is 4.74 Å². The maximum atomic E-state index is 9.17. The minimum absolute atomic E-state index is 0.157. The topological polar surface area (TPSA) is 70.4 Å². The molecule has 20 heavy (non-hydrogen) atoms. The molecular formula is C14H17N3O3. The zero-order valence-electron chi connectivity index (χ0n) is 11.8. The molecule has 0 aromatic heterocycles. The molecule has 106 valence electrons. The number of nitrogens with zero attached hydrogens (tertiary/aromatic N) is 3. The van der Waals surface area contributed by atoms with Gasteiger partial charge in [0.05, 0.1) is 31.3 Å². The van der Waals surface area contributed by atoms with Crippen molar-refractivity contribution in [1.29, 1.82) is 5.26 Å². The van der Waals surface area contributed by atoms with E-state index in [1.54, 1.807) is 30.5 Å². The number of benzene rings is 1. The molecule has 0 aliphatic carbocycles. The lowest BCUT2D eigenvalue weighted by molar-refractivity contribution is 0.252. The summed E-state index contributed by atoms with van der Waals surface area (Å²) in [5.41, 5.74) is 0.990. The zero-order valence-corrected chi connectivity index (χ0v) is 11.8. The third kappa shape index (κ3) is 3.62. The van der Waals surface area contributed by atoms with Crippen molar-refractivity contribution in [1.82, 2.24) is 4.90 Å². The summed E-state index contributed by atoms with van der Waals surface area (Å²) in [6.45, 7) is 1.20. The molecule has 6 heteroatoms. The van der Waals surface area contributed by atoms with Gasteiger partial charge < -0.3 is 19.1 Å². The fourth-order valence-electron chi connectivity index (χ4n) is 1.54. The number of hydrogen-bond donors (Lipinski definition) is 0. The first-order chi connectivity index (χ1) is 9.63. The van der Waals surface area contributed by atoms with Crippen LogP contribution >= 0.6 is 0 Å². The molecule has 1 saturated heterocycles. The van der Waals surface area contributed by atoms with Gasteiger partial charge in [0.25, 0.3) is 0 Å². The molecule has 1 aliphatic rings. The molecule has 1 heterocycles. The molecule has 0 amide bonds. The van der Waals surface area contributed by atoms with E-state index in [2.05, 4.69) is 11.1 Å². The Labute approximate surface area is 118 Å². The van der Waals surface area contributed by atoms with Crippen LogP contribution in [0.5, 0.6) is 11.5 Å². The fourth-order valence-corrected chi connectivity index (χ4v) is 1.54. The highest BCUT2D eigenvalue weighted by Gasteiger charge is 2.24. The number of nitriles is 1. The Morgan fingerprint density at radius 1 is 1.50 bits per heavy atom. The molecule has 1 aromatic carbocycles. The van der Waals surface area contributed by atoms with E-state index >= 15 is 0 Å². The lowest BCUT2D eigenvalue weighted by Crippen LogP contribution is -2.07. The zero-order chi connectivity index (χ0) is 14.5. The average molecular weight is 275 g/mol. The number of rotatable bonds is 6. The van der Waals surface area contributed by atoms with Crippen molar-refractivity contribution in [2.75, 3.05) is 34.4 Å². The monoisotopic (exact) mass is 275 g/mol. The summed E-state index contributed by atoms with van der Waals surface area (Å²) in [6, 6.07) is 5.44. The fraction of sp³-hybridized carbons (Fsp3) is 0.429. The van der Waals surface area contributed by atoms with E-state index in [-0.39, 0.29) is 6.10 Å². The van der Waals surface area contributed by atoms with Gasteiger partial charge in [0, 0.05) is 26.2 Å². The highest BCUT2D eigenvalue weighted by molar-refractivity contribution is 5.68. The van der Waals surface area contributed by atoms with Crippen LogP contribution in [0.25, 0.3) is 0 Å². The molecule has 0 N–H and O–H groups in total. The first-order valence-electron chi connectivity index (χ1n) is 6.21. The van der Waals surface area contributed by atoms with E-state index in [1.807, 2.05) is 14.1 Å². The molecule has 1 atom stereocenters. The summed E-state index contributed by atoms with van der Waals surface area (Å²) < 4.78 is 16.0. The van der Waals surface area contributed by atoms with Gasteiger partial charge in [0.2, 0.25) is 0 Å². The summed E-state index contributed by atoms with van der Waals surface area (Å²) in [7, 11) is 5.27. The summed E-state index contributed by atoms with van der Waals surface area (Å²) in [5, 5.41) is 9.17. The van der Waals surface area contributed by atoms with Crippen molar-refractivity contribution in [3.8, 4) is 17.6 Å². The summed E-state index contributed by atoms with van der Waals surface area (Å²) in [4.78, 5) is 6.06. The first kappa shape index (κ1) is 14.2. The Kier molecular flexibility index (Phi) is 4.43. The molecule has 0 saturated carbocycles. The number of methoxy groups -OCH3 is 1. The van der Waals surface area contributed by atoms with E-state index < -0.39 is 0 Å². The van der Waals surface area contributed by atoms with E-state index in [0.29, 0.717) is 29.4 Å². The van der Waals surface area contributed by atoms with Crippen LogP contribution in [0.1, 0.15) is 5.56 Å². The molecule has 6 nitrogen and oxygen atoms in total. The summed E-state index contributed by atoms with van der Waals surface area (Å²) in [5.74, 6) is 1.08. The van der Waals surface area contributed by atoms with Crippen LogP contribution in [0.3, 0.4) is 0 Å². The van der Waals surface area contributed by atoms with E-state index in [1.165, 1.54) is 0 Å². The van der Waals surface area contributed by atoms with Gasteiger partial charge in [0.1, 0.15) is 18.8 Å². The number of ether oxygens (including phenoxy) is 3. The van der Waals surface area contributed by atoms with Crippen LogP contribution in [-0.4, -0.2) is 51.8 Å². The molecule has 1 fully saturated rings. The van der Waals surface area contributed by atoms with Crippen molar-refractivity contribution < 1.29 is 14.2 Å². The molecular weight excluding hydrogens is 258 g/mol. The molecule has 0 bridgehead atoms. The summed E-state index contributed by atoms with van der Waals surface area (Å²) in [6.07, 6.45) is 1.79. The van der Waals surface area contributed by atoms with E-state index in [9.17, 15) is 0 Å². The second kappa shape index (κ2) is 6.26. The van der Waals surface area contributed by atoms with Crippen molar-refractivity contribution in [3.05, 3.63) is 17.7 Å². The van der Waals surface area contributed by atoms with Crippen molar-refractivity contribution >= 4 is 12.0 Å². The number of epoxide rings is 1. The van der Waals surface area contributed by atoms with Crippen molar-refractivity contribution in [3.63, 3.8) is 0 Å². The SMILES string of the molecule is COc1cc(C#N)c(N=CN(C)C)cc1OCC1CO1. The first-order valence-corrected chi connectivity index (χ1v) is 6.21. The van der Waals surface area contributed by atoms with Gasteiger partial charge in [-0.1, -0.05) is 0 Å². The predicted octanol–water partition coefficient (Wildman–Crippen LogP) is 1.57. The van der Waals surface area contributed by atoms with Gasteiger partial charge in [-0.05, 0) is 0 Å². The largest absolute Gasteiger partial charge is 0.493 e. The Balaban J connectivity index is 2.28. The molecule has 1 aliphatic heterocycles. The van der Waals surface area contributed by atoms with Gasteiger partial charge >= 0.3 is 0 Å². The van der Waals surface area contributed by atoms with Crippen molar-refractivity contribution in [2.24, 2.45) is 4.99 Å². The van der Waals surface area contributed by atoms with Crippen molar-refractivity contribution in [2.45, 2.75) is 6.10 Å².